The van der Waals surface area contributed by atoms with Crippen molar-refractivity contribution in [1.29, 1.82) is 0 Å². The van der Waals surface area contributed by atoms with Crippen molar-refractivity contribution in [3.05, 3.63) is 76.8 Å². The first-order valence-electron chi connectivity index (χ1n) is 7.54. The summed E-state index contributed by atoms with van der Waals surface area (Å²) in [6.45, 7) is 0. The quantitative estimate of drug-likeness (QED) is 0.676. The third-order valence-corrected chi connectivity index (χ3v) is 4.72. The van der Waals surface area contributed by atoms with Gasteiger partial charge in [-0.1, -0.05) is 72.0 Å². The number of anilines is 1. The lowest BCUT2D eigenvalue weighted by atomic mass is 9.89. The number of halogens is 1. The number of hydrogen-bond acceptors (Lipinski definition) is 4. The van der Waals surface area contributed by atoms with E-state index in [-0.39, 0.29) is 17.7 Å². The second-order valence-corrected chi connectivity index (χ2v) is 6.59. The van der Waals surface area contributed by atoms with Crippen LogP contribution in [0.25, 0.3) is 0 Å². The monoisotopic (exact) mass is 357 g/mol. The Labute approximate surface area is 149 Å². The molecular weight excluding hydrogens is 342 g/mol. The summed E-state index contributed by atoms with van der Waals surface area (Å²) in [5.41, 5.74) is 2.45. The number of aromatic nitrogens is 2. The first kappa shape index (κ1) is 16.6. The maximum atomic E-state index is 11.4. The Morgan fingerprint density at radius 3 is 2.12 bits per heavy atom. The van der Waals surface area contributed by atoms with Gasteiger partial charge in [-0.25, -0.2) is 0 Å². The van der Waals surface area contributed by atoms with Gasteiger partial charge in [0, 0.05) is 12.3 Å². The summed E-state index contributed by atoms with van der Waals surface area (Å²) >= 11 is 6.88. The van der Waals surface area contributed by atoms with Crippen molar-refractivity contribution in [3.8, 4) is 0 Å². The molecule has 0 aliphatic heterocycles. The zero-order valence-corrected chi connectivity index (χ0v) is 14.4. The lowest BCUT2D eigenvalue weighted by molar-refractivity contribution is -0.113. The molecule has 2 aromatic carbocycles. The topological polar surface area (TPSA) is 54.9 Å². The van der Waals surface area contributed by atoms with Crippen LogP contribution >= 0.6 is 22.9 Å². The van der Waals surface area contributed by atoms with Gasteiger partial charge in [-0.05, 0) is 11.1 Å². The Morgan fingerprint density at radius 1 is 1.00 bits per heavy atom. The molecule has 122 valence electrons. The highest BCUT2D eigenvalue weighted by Crippen LogP contribution is 2.30. The third-order valence-electron chi connectivity index (χ3n) is 3.62. The number of benzene rings is 2. The second-order valence-electron chi connectivity index (χ2n) is 5.26. The molecule has 0 atom stereocenters. The molecule has 0 fully saturated rings. The van der Waals surface area contributed by atoms with Gasteiger partial charge in [-0.2, -0.15) is 0 Å². The van der Waals surface area contributed by atoms with Crippen molar-refractivity contribution in [3.63, 3.8) is 0 Å². The van der Waals surface area contributed by atoms with Crippen LogP contribution in [0.1, 0.15) is 22.1 Å². The van der Waals surface area contributed by atoms with Gasteiger partial charge in [0.15, 0.2) is 0 Å². The van der Waals surface area contributed by atoms with Crippen molar-refractivity contribution in [2.75, 3.05) is 11.2 Å². The maximum Gasteiger partial charge on any atom is 0.241 e. The van der Waals surface area contributed by atoms with E-state index in [4.69, 9.17) is 11.6 Å². The second kappa shape index (κ2) is 8.04. The number of carbonyl (C=O) groups is 1. The number of nitrogens with zero attached hydrogens (tertiary/aromatic N) is 2. The smallest absolute Gasteiger partial charge is 0.241 e. The molecule has 1 N–H and O–H groups in total. The number of carbonyl (C=O) groups excluding carboxylic acids is 1. The molecule has 0 saturated carbocycles. The summed E-state index contributed by atoms with van der Waals surface area (Å²) in [7, 11) is 0. The highest BCUT2D eigenvalue weighted by molar-refractivity contribution is 7.15. The van der Waals surface area contributed by atoms with Gasteiger partial charge in [0.1, 0.15) is 10.9 Å². The molecule has 1 amide bonds. The predicted octanol–water partition coefficient (Wildman–Crippen LogP) is 4.09. The number of nitrogens with one attached hydrogen (secondary N) is 1. The summed E-state index contributed by atoms with van der Waals surface area (Å²) in [5, 5.41) is 12.2. The van der Waals surface area contributed by atoms with Crippen molar-refractivity contribution in [2.45, 2.75) is 12.3 Å². The van der Waals surface area contributed by atoms with E-state index in [2.05, 4.69) is 39.8 Å². The average Bonchev–Trinajstić information content (AvgIpc) is 3.08. The van der Waals surface area contributed by atoms with Gasteiger partial charge in [0.25, 0.3) is 0 Å². The van der Waals surface area contributed by atoms with E-state index in [9.17, 15) is 4.79 Å². The molecule has 1 heterocycles. The first-order valence-corrected chi connectivity index (χ1v) is 8.89. The molecule has 0 radical (unpaired) electrons. The van der Waals surface area contributed by atoms with E-state index >= 15 is 0 Å². The van der Waals surface area contributed by atoms with Crippen LogP contribution < -0.4 is 5.32 Å². The zero-order chi connectivity index (χ0) is 16.8. The van der Waals surface area contributed by atoms with Crippen LogP contribution in [-0.4, -0.2) is 22.0 Å². The van der Waals surface area contributed by atoms with Crippen molar-refractivity contribution in [2.24, 2.45) is 0 Å². The molecule has 24 heavy (non-hydrogen) atoms. The van der Waals surface area contributed by atoms with Crippen molar-refractivity contribution >= 4 is 34.0 Å². The molecule has 6 heteroatoms. The summed E-state index contributed by atoms with van der Waals surface area (Å²) in [6.07, 6.45) is 0.725. The van der Waals surface area contributed by atoms with Gasteiger partial charge in [0.2, 0.25) is 11.0 Å². The van der Waals surface area contributed by atoms with Crippen LogP contribution in [0.15, 0.2) is 60.7 Å². The standard InChI is InChI=1S/C18H16ClN3OS/c19-12-16(23)20-18-22-21-17(24-18)11-15(13-7-3-1-4-8-13)14-9-5-2-6-10-14/h1-10,15H,11-12H2,(H,20,22,23). The maximum absolute atomic E-state index is 11.4. The molecule has 0 saturated heterocycles. The summed E-state index contributed by atoms with van der Waals surface area (Å²) in [5.74, 6) is -0.176. The third kappa shape index (κ3) is 4.19. The normalized spacial score (nSPS) is 10.8. The van der Waals surface area contributed by atoms with Crippen molar-refractivity contribution in [1.82, 2.24) is 10.2 Å². The zero-order valence-electron chi connectivity index (χ0n) is 12.9. The summed E-state index contributed by atoms with van der Waals surface area (Å²) in [6, 6.07) is 20.7. The highest BCUT2D eigenvalue weighted by Gasteiger charge is 2.17. The van der Waals surface area contributed by atoms with Crippen LogP contribution in [0.2, 0.25) is 0 Å². The van der Waals surface area contributed by atoms with E-state index in [0.29, 0.717) is 5.13 Å². The Bertz CT molecular complexity index is 753. The minimum Gasteiger partial charge on any atom is -0.299 e. The Balaban J connectivity index is 1.84. The Kier molecular flexibility index (Phi) is 5.56. The molecule has 0 spiro atoms. The number of hydrogen-bond donors (Lipinski definition) is 1. The number of rotatable bonds is 6. The molecular formula is C18H16ClN3OS. The van der Waals surface area contributed by atoms with Crippen LogP contribution in [0.4, 0.5) is 5.13 Å². The molecule has 1 aromatic heterocycles. The molecule has 0 bridgehead atoms. The Hall–Kier alpha value is -2.24. The molecule has 3 rings (SSSR count). The van der Waals surface area contributed by atoms with Crippen LogP contribution in [-0.2, 0) is 11.2 Å². The Morgan fingerprint density at radius 2 is 1.58 bits per heavy atom. The SMILES string of the molecule is O=C(CCl)Nc1nnc(CC(c2ccccc2)c2ccccc2)s1. The molecule has 0 aliphatic carbocycles. The largest absolute Gasteiger partial charge is 0.299 e. The van der Waals surface area contributed by atoms with E-state index < -0.39 is 0 Å². The summed E-state index contributed by atoms with van der Waals surface area (Å²) in [4.78, 5) is 11.4. The van der Waals surface area contributed by atoms with Gasteiger partial charge < -0.3 is 0 Å². The number of amides is 1. The molecule has 3 aromatic rings. The fraction of sp³-hybridized carbons (Fsp3) is 0.167. The summed E-state index contributed by atoms with van der Waals surface area (Å²) < 4.78 is 0. The van der Waals surface area contributed by atoms with Crippen LogP contribution in [0.3, 0.4) is 0 Å². The lowest BCUT2D eigenvalue weighted by Gasteiger charge is -2.16. The van der Waals surface area contributed by atoms with Crippen LogP contribution in [0, 0.1) is 0 Å². The molecule has 0 unspecified atom stereocenters. The van der Waals surface area contributed by atoms with E-state index in [1.807, 2.05) is 36.4 Å². The lowest BCUT2D eigenvalue weighted by Crippen LogP contribution is -2.12. The van der Waals surface area contributed by atoms with E-state index in [0.717, 1.165) is 11.4 Å². The number of alkyl halides is 1. The first-order chi connectivity index (χ1) is 11.8. The van der Waals surface area contributed by atoms with Crippen LogP contribution in [0.5, 0.6) is 0 Å². The van der Waals surface area contributed by atoms with E-state index in [1.165, 1.54) is 22.5 Å². The van der Waals surface area contributed by atoms with Gasteiger partial charge in [0.05, 0.1) is 0 Å². The minimum absolute atomic E-state index is 0.0917. The predicted molar refractivity (Wildman–Crippen MR) is 97.7 cm³/mol. The fourth-order valence-electron chi connectivity index (χ4n) is 2.51. The fourth-order valence-corrected chi connectivity index (χ4v) is 3.38. The van der Waals surface area contributed by atoms with Gasteiger partial charge in [-0.15, -0.1) is 21.8 Å². The highest BCUT2D eigenvalue weighted by atomic mass is 35.5. The molecule has 4 nitrogen and oxygen atoms in total. The van der Waals surface area contributed by atoms with E-state index in [1.54, 1.807) is 0 Å². The van der Waals surface area contributed by atoms with Crippen molar-refractivity contribution < 1.29 is 4.79 Å². The van der Waals surface area contributed by atoms with Gasteiger partial charge >= 0.3 is 0 Å². The average molecular weight is 358 g/mol. The van der Waals surface area contributed by atoms with Gasteiger partial charge in [-0.3, -0.25) is 10.1 Å². The minimum atomic E-state index is -0.276. The molecule has 0 aliphatic rings.